The molecule has 2 aliphatic heterocycles. The van der Waals surface area contributed by atoms with Crippen LogP contribution in [0.4, 0.5) is 22.1 Å². The van der Waals surface area contributed by atoms with Crippen molar-refractivity contribution in [3.8, 4) is 12.3 Å². The van der Waals surface area contributed by atoms with Crippen molar-refractivity contribution in [3.63, 3.8) is 0 Å². The standard InChI is InChI=1S/C21H21N5O2/c1-3-14(2)12-18(27)16-7-8-17-20(23-16)26(15-9-11-25(17)13-15)21(28)24-19-6-4-5-10-22-19/h1,4-8,10,14-15H,9,11-13H2,2H3,(H,22,24,28)/t14-,15-/m0/s1. The van der Waals surface area contributed by atoms with E-state index in [9.17, 15) is 9.59 Å². The van der Waals surface area contributed by atoms with Gasteiger partial charge in [0.15, 0.2) is 11.6 Å². The van der Waals surface area contributed by atoms with Crippen LogP contribution in [-0.2, 0) is 0 Å². The van der Waals surface area contributed by atoms with E-state index in [0.29, 0.717) is 17.3 Å². The van der Waals surface area contributed by atoms with Gasteiger partial charge in [-0.25, -0.2) is 14.8 Å². The van der Waals surface area contributed by atoms with Crippen LogP contribution >= 0.6 is 0 Å². The molecule has 2 aromatic heterocycles. The van der Waals surface area contributed by atoms with Crippen LogP contribution in [0.3, 0.4) is 0 Å². The number of carbonyl (C=O) groups is 2. The molecule has 0 radical (unpaired) electrons. The summed E-state index contributed by atoms with van der Waals surface area (Å²) >= 11 is 0. The number of Topliss-reactive ketones (excluding diaryl/α,β-unsaturated/α-hetero) is 1. The van der Waals surface area contributed by atoms with Gasteiger partial charge in [0.05, 0.1) is 11.7 Å². The molecule has 142 valence electrons. The maximum atomic E-state index is 13.0. The third kappa shape index (κ3) is 3.29. The van der Waals surface area contributed by atoms with E-state index in [1.807, 2.05) is 19.1 Å². The molecule has 2 aliphatic rings. The van der Waals surface area contributed by atoms with Crippen LogP contribution in [0, 0.1) is 18.3 Å². The van der Waals surface area contributed by atoms with Gasteiger partial charge in [-0.3, -0.25) is 15.0 Å². The fourth-order valence-electron chi connectivity index (χ4n) is 3.67. The average Bonchev–Trinajstić information content (AvgIpc) is 3.12. The Balaban J connectivity index is 1.66. The van der Waals surface area contributed by atoms with Gasteiger partial charge < -0.3 is 4.90 Å². The smallest absolute Gasteiger partial charge is 0.329 e. The number of urea groups is 1. The van der Waals surface area contributed by atoms with Crippen molar-refractivity contribution in [2.75, 3.05) is 28.2 Å². The summed E-state index contributed by atoms with van der Waals surface area (Å²) in [5.41, 5.74) is 1.20. The van der Waals surface area contributed by atoms with E-state index >= 15 is 0 Å². The molecule has 7 heteroatoms. The third-order valence-corrected chi connectivity index (χ3v) is 5.13. The van der Waals surface area contributed by atoms with E-state index in [2.05, 4.69) is 26.1 Å². The Bertz CT molecular complexity index is 953. The first kappa shape index (κ1) is 18.0. The number of hydrogen-bond donors (Lipinski definition) is 1. The Morgan fingerprint density at radius 3 is 2.96 bits per heavy atom. The van der Waals surface area contributed by atoms with Crippen LogP contribution in [0.1, 0.15) is 30.3 Å². The summed E-state index contributed by atoms with van der Waals surface area (Å²) in [5.74, 6) is 3.28. The van der Waals surface area contributed by atoms with E-state index in [0.717, 1.165) is 25.2 Å². The van der Waals surface area contributed by atoms with Crippen molar-refractivity contribution in [2.24, 2.45) is 5.92 Å². The number of ketones is 1. The second-order valence-corrected chi connectivity index (χ2v) is 7.14. The van der Waals surface area contributed by atoms with Crippen LogP contribution in [0.15, 0.2) is 36.5 Å². The Labute approximate surface area is 163 Å². The molecule has 28 heavy (non-hydrogen) atoms. The van der Waals surface area contributed by atoms with Crippen LogP contribution < -0.4 is 15.1 Å². The molecule has 0 aliphatic carbocycles. The second kappa shape index (κ2) is 7.31. The topological polar surface area (TPSA) is 78.4 Å². The quantitative estimate of drug-likeness (QED) is 0.657. The lowest BCUT2D eigenvalue weighted by Gasteiger charge is -2.35. The Hall–Kier alpha value is -3.40. The van der Waals surface area contributed by atoms with Crippen molar-refractivity contribution >= 4 is 29.1 Å². The average molecular weight is 375 g/mol. The van der Waals surface area contributed by atoms with Crippen LogP contribution in [0.2, 0.25) is 0 Å². The summed E-state index contributed by atoms with van der Waals surface area (Å²) in [6.45, 7) is 3.44. The summed E-state index contributed by atoms with van der Waals surface area (Å²) in [6, 6.07) is 8.65. The predicted molar refractivity (Wildman–Crippen MR) is 108 cm³/mol. The number of pyridine rings is 2. The predicted octanol–water partition coefficient (Wildman–Crippen LogP) is 2.95. The zero-order valence-corrected chi connectivity index (χ0v) is 15.6. The summed E-state index contributed by atoms with van der Waals surface area (Å²) in [5, 5.41) is 2.83. The van der Waals surface area contributed by atoms with E-state index in [1.165, 1.54) is 0 Å². The first-order valence-electron chi connectivity index (χ1n) is 9.33. The van der Waals surface area contributed by atoms with Crippen molar-refractivity contribution in [3.05, 3.63) is 42.2 Å². The molecule has 4 rings (SSSR count). The molecule has 7 nitrogen and oxygen atoms in total. The Kier molecular flexibility index (Phi) is 4.70. The Morgan fingerprint density at radius 1 is 1.36 bits per heavy atom. The zero-order valence-electron chi connectivity index (χ0n) is 15.6. The normalized spacial score (nSPS) is 18.2. The maximum Gasteiger partial charge on any atom is 0.329 e. The third-order valence-electron chi connectivity index (χ3n) is 5.13. The summed E-state index contributed by atoms with van der Waals surface area (Å²) in [4.78, 5) is 38.2. The van der Waals surface area contributed by atoms with Gasteiger partial charge in [-0.2, -0.15) is 0 Å². The highest BCUT2D eigenvalue weighted by Crippen LogP contribution is 2.39. The number of rotatable bonds is 4. The minimum absolute atomic E-state index is 0.0127. The molecule has 1 saturated heterocycles. The molecule has 2 bridgehead atoms. The molecule has 1 fully saturated rings. The van der Waals surface area contributed by atoms with Crippen molar-refractivity contribution in [1.29, 1.82) is 0 Å². The summed E-state index contributed by atoms with van der Waals surface area (Å²) in [7, 11) is 0. The number of carbonyl (C=O) groups excluding carboxylic acids is 2. The van der Waals surface area contributed by atoms with E-state index in [-0.39, 0.29) is 30.2 Å². The fraction of sp³-hybridized carbons (Fsp3) is 0.333. The number of aromatic nitrogens is 2. The SMILES string of the molecule is C#C[C@H](C)CC(=O)c1ccc2c(n1)N(C(=O)Nc1ccccn1)[C@H]1CCN2C1. The summed E-state index contributed by atoms with van der Waals surface area (Å²) in [6.07, 6.45) is 8.10. The van der Waals surface area contributed by atoms with Gasteiger partial charge in [0.25, 0.3) is 0 Å². The molecular formula is C21H21N5O2. The fourth-order valence-corrected chi connectivity index (χ4v) is 3.67. The molecule has 4 heterocycles. The van der Waals surface area contributed by atoms with Gasteiger partial charge in [-0.05, 0) is 30.7 Å². The minimum atomic E-state index is -0.291. The summed E-state index contributed by atoms with van der Waals surface area (Å²) < 4.78 is 0. The van der Waals surface area contributed by atoms with Gasteiger partial charge >= 0.3 is 6.03 Å². The lowest BCUT2D eigenvalue weighted by molar-refractivity contribution is 0.0968. The van der Waals surface area contributed by atoms with Crippen molar-refractivity contribution in [1.82, 2.24) is 9.97 Å². The van der Waals surface area contributed by atoms with Crippen molar-refractivity contribution in [2.45, 2.75) is 25.8 Å². The highest BCUT2D eigenvalue weighted by Gasteiger charge is 2.40. The van der Waals surface area contributed by atoms with Crippen molar-refractivity contribution < 1.29 is 9.59 Å². The minimum Gasteiger partial charge on any atom is -0.366 e. The van der Waals surface area contributed by atoms with Gasteiger partial charge in [-0.15, -0.1) is 12.3 Å². The lowest BCUT2D eigenvalue weighted by atomic mass is 10.0. The Morgan fingerprint density at radius 2 is 2.21 bits per heavy atom. The molecule has 2 amide bonds. The van der Waals surface area contributed by atoms with Crippen LogP contribution in [0.5, 0.6) is 0 Å². The highest BCUT2D eigenvalue weighted by atomic mass is 16.2. The van der Waals surface area contributed by atoms with Gasteiger partial charge in [-0.1, -0.05) is 13.0 Å². The molecule has 2 aromatic rings. The molecule has 1 N–H and O–H groups in total. The van der Waals surface area contributed by atoms with E-state index < -0.39 is 0 Å². The first-order valence-corrected chi connectivity index (χ1v) is 9.33. The number of fused-ring (bicyclic) bond motifs is 4. The monoisotopic (exact) mass is 375 g/mol. The van der Waals surface area contributed by atoms with E-state index in [1.54, 1.807) is 29.3 Å². The first-order chi connectivity index (χ1) is 13.6. The number of nitrogens with one attached hydrogen (secondary N) is 1. The van der Waals surface area contributed by atoms with Crippen LogP contribution in [0.25, 0.3) is 0 Å². The van der Waals surface area contributed by atoms with Gasteiger partial charge in [0.2, 0.25) is 0 Å². The van der Waals surface area contributed by atoms with Gasteiger partial charge in [0.1, 0.15) is 11.5 Å². The molecule has 0 saturated carbocycles. The number of hydrogen-bond acceptors (Lipinski definition) is 5. The molecule has 0 aromatic carbocycles. The second-order valence-electron chi connectivity index (χ2n) is 7.14. The zero-order chi connectivity index (χ0) is 19.7. The largest absolute Gasteiger partial charge is 0.366 e. The van der Waals surface area contributed by atoms with Gasteiger partial charge in [0, 0.05) is 31.6 Å². The maximum absolute atomic E-state index is 13.0. The molecular weight excluding hydrogens is 354 g/mol. The number of terminal acetylenes is 1. The van der Waals surface area contributed by atoms with E-state index in [4.69, 9.17) is 6.42 Å². The number of anilines is 3. The molecule has 0 unspecified atom stereocenters. The molecule has 2 atom stereocenters. The lowest BCUT2D eigenvalue weighted by Crippen LogP contribution is -2.48. The highest BCUT2D eigenvalue weighted by molar-refractivity contribution is 6.05. The molecule has 0 spiro atoms. The number of amides is 2. The van der Waals surface area contributed by atoms with Crippen LogP contribution in [-0.4, -0.2) is 40.9 Å². The number of nitrogens with zero attached hydrogens (tertiary/aromatic N) is 4.